The summed E-state index contributed by atoms with van der Waals surface area (Å²) in [4.78, 5) is 34.8. The number of amides is 2. The van der Waals surface area contributed by atoms with Crippen molar-refractivity contribution < 1.29 is 14.3 Å². The first-order valence-electron chi connectivity index (χ1n) is 10.7. The van der Waals surface area contributed by atoms with Crippen LogP contribution in [0.2, 0.25) is 0 Å². The Kier molecular flexibility index (Phi) is 6.20. The number of anilines is 1. The van der Waals surface area contributed by atoms with Gasteiger partial charge in [-0.05, 0) is 44.0 Å². The predicted molar refractivity (Wildman–Crippen MR) is 121 cm³/mol. The number of ether oxygens (including phenoxy) is 1. The Labute approximate surface area is 187 Å². The number of carbonyl (C=O) groups is 2. The van der Waals surface area contributed by atoms with E-state index < -0.39 is 0 Å². The summed E-state index contributed by atoms with van der Waals surface area (Å²) >= 11 is 0. The number of imidazole rings is 1. The average Bonchev–Trinajstić information content (AvgIpc) is 3.20. The third kappa shape index (κ3) is 5.14. The third-order valence-corrected chi connectivity index (χ3v) is 5.41. The van der Waals surface area contributed by atoms with Gasteiger partial charge in [0.1, 0.15) is 17.2 Å². The molecule has 8 heteroatoms. The Balaban J connectivity index is 1.48. The third-order valence-electron chi connectivity index (χ3n) is 5.41. The van der Waals surface area contributed by atoms with E-state index >= 15 is 0 Å². The second-order valence-electron chi connectivity index (χ2n) is 8.19. The summed E-state index contributed by atoms with van der Waals surface area (Å²) in [7, 11) is 1.86. The maximum atomic E-state index is 12.8. The van der Waals surface area contributed by atoms with E-state index in [0.29, 0.717) is 23.7 Å². The summed E-state index contributed by atoms with van der Waals surface area (Å²) in [5, 5.41) is 2.74. The summed E-state index contributed by atoms with van der Waals surface area (Å²) < 4.78 is 7.83. The molecule has 2 aromatic heterocycles. The van der Waals surface area contributed by atoms with Gasteiger partial charge in [-0.1, -0.05) is 0 Å². The maximum absolute atomic E-state index is 12.8. The number of carbonyl (C=O) groups excluding carboxylic acids is 2. The summed E-state index contributed by atoms with van der Waals surface area (Å²) in [6.07, 6.45) is 5.27. The number of aryl methyl sites for hydroxylation is 2. The number of pyridine rings is 1. The van der Waals surface area contributed by atoms with E-state index in [9.17, 15) is 9.59 Å². The van der Waals surface area contributed by atoms with E-state index in [2.05, 4.69) is 10.3 Å². The first-order chi connectivity index (χ1) is 15.4. The van der Waals surface area contributed by atoms with Crippen LogP contribution in [-0.4, -0.2) is 44.3 Å². The van der Waals surface area contributed by atoms with Crippen LogP contribution in [-0.2, 0) is 11.8 Å². The average molecular weight is 434 g/mol. The van der Waals surface area contributed by atoms with Crippen LogP contribution in [0.4, 0.5) is 5.69 Å². The van der Waals surface area contributed by atoms with Crippen molar-refractivity contribution in [2.24, 2.45) is 7.05 Å². The highest BCUT2D eigenvalue weighted by molar-refractivity contribution is 5.92. The lowest BCUT2D eigenvalue weighted by Crippen LogP contribution is -2.39. The van der Waals surface area contributed by atoms with Crippen LogP contribution in [0.15, 0.2) is 48.9 Å². The molecule has 8 nitrogen and oxygen atoms in total. The number of likely N-dealkylation sites (tertiary alicyclic amines) is 1. The monoisotopic (exact) mass is 433 g/mol. The van der Waals surface area contributed by atoms with Crippen LogP contribution in [0.5, 0.6) is 11.5 Å². The van der Waals surface area contributed by atoms with Crippen molar-refractivity contribution in [2.45, 2.75) is 32.6 Å². The quantitative estimate of drug-likeness (QED) is 0.659. The predicted octanol–water partition coefficient (Wildman–Crippen LogP) is 3.89. The topological polar surface area (TPSA) is 89.4 Å². The van der Waals surface area contributed by atoms with E-state index in [0.717, 1.165) is 36.5 Å². The Morgan fingerprint density at radius 2 is 1.94 bits per heavy atom. The van der Waals surface area contributed by atoms with Gasteiger partial charge in [-0.25, -0.2) is 4.98 Å². The van der Waals surface area contributed by atoms with Gasteiger partial charge in [0.05, 0.1) is 6.33 Å². The molecule has 4 rings (SSSR count). The van der Waals surface area contributed by atoms with Gasteiger partial charge in [-0.15, -0.1) is 0 Å². The molecule has 3 heterocycles. The maximum Gasteiger partial charge on any atom is 0.274 e. The van der Waals surface area contributed by atoms with Gasteiger partial charge >= 0.3 is 0 Å². The standard InChI is InChI=1S/C24H27N5O3/c1-16-11-21(32-20-8-6-19(7-9-20)27-17(2)30)12-22(26-16)18-5-4-10-29(13-18)24(31)23-14-28(3)15-25-23/h6-9,11-12,14-15,18H,4-5,10,13H2,1-3H3,(H,27,30)/t18-/m1/s1. The molecule has 3 aromatic rings. The molecular formula is C24H27N5O3. The summed E-state index contributed by atoms with van der Waals surface area (Å²) in [6, 6.07) is 11.1. The van der Waals surface area contributed by atoms with Crippen LogP contribution in [0.25, 0.3) is 0 Å². The Bertz CT molecular complexity index is 1120. The summed E-state index contributed by atoms with van der Waals surface area (Å²) in [5.41, 5.74) is 2.97. The van der Waals surface area contributed by atoms with E-state index in [1.165, 1.54) is 6.92 Å². The van der Waals surface area contributed by atoms with Crippen molar-refractivity contribution in [1.82, 2.24) is 19.4 Å². The van der Waals surface area contributed by atoms with Crippen molar-refractivity contribution in [2.75, 3.05) is 18.4 Å². The number of benzene rings is 1. The molecule has 0 saturated carbocycles. The lowest BCUT2D eigenvalue weighted by molar-refractivity contribution is -0.114. The smallest absolute Gasteiger partial charge is 0.274 e. The molecule has 1 N–H and O–H groups in total. The van der Waals surface area contributed by atoms with E-state index in [4.69, 9.17) is 9.72 Å². The molecule has 1 aromatic carbocycles. The largest absolute Gasteiger partial charge is 0.457 e. The van der Waals surface area contributed by atoms with Gasteiger partial charge in [0, 0.05) is 68.4 Å². The van der Waals surface area contributed by atoms with Gasteiger partial charge in [0.25, 0.3) is 5.91 Å². The number of rotatable bonds is 5. The zero-order valence-electron chi connectivity index (χ0n) is 18.5. The van der Waals surface area contributed by atoms with Gasteiger partial charge in [-0.3, -0.25) is 14.6 Å². The molecule has 0 bridgehead atoms. The number of hydrogen-bond acceptors (Lipinski definition) is 5. The van der Waals surface area contributed by atoms with Crippen molar-refractivity contribution in [3.05, 3.63) is 66.0 Å². The fraction of sp³-hybridized carbons (Fsp3) is 0.333. The molecule has 1 atom stereocenters. The van der Waals surface area contributed by atoms with Crippen LogP contribution in [0.3, 0.4) is 0 Å². The lowest BCUT2D eigenvalue weighted by Gasteiger charge is -2.32. The molecule has 1 aliphatic heterocycles. The first-order valence-corrected chi connectivity index (χ1v) is 10.7. The first kappa shape index (κ1) is 21.5. The molecule has 0 unspecified atom stereocenters. The van der Waals surface area contributed by atoms with Gasteiger partial charge in [0.15, 0.2) is 0 Å². The Morgan fingerprint density at radius 1 is 1.16 bits per heavy atom. The van der Waals surface area contributed by atoms with Gasteiger partial charge in [-0.2, -0.15) is 0 Å². The highest BCUT2D eigenvalue weighted by Crippen LogP contribution is 2.31. The highest BCUT2D eigenvalue weighted by Gasteiger charge is 2.27. The fourth-order valence-corrected chi connectivity index (χ4v) is 3.96. The van der Waals surface area contributed by atoms with E-state index in [1.54, 1.807) is 29.2 Å². The number of nitrogens with zero attached hydrogens (tertiary/aromatic N) is 4. The second-order valence-corrected chi connectivity index (χ2v) is 8.19. The zero-order valence-corrected chi connectivity index (χ0v) is 18.5. The number of nitrogens with one attached hydrogen (secondary N) is 1. The van der Waals surface area contributed by atoms with Crippen LogP contribution >= 0.6 is 0 Å². The molecule has 1 aliphatic rings. The van der Waals surface area contributed by atoms with E-state index in [-0.39, 0.29) is 17.7 Å². The van der Waals surface area contributed by atoms with Crippen molar-refractivity contribution >= 4 is 17.5 Å². The van der Waals surface area contributed by atoms with Gasteiger partial charge < -0.3 is 19.5 Å². The molecule has 0 aliphatic carbocycles. The molecule has 0 radical (unpaired) electrons. The minimum absolute atomic E-state index is 0.0429. The molecule has 32 heavy (non-hydrogen) atoms. The Morgan fingerprint density at radius 3 is 2.62 bits per heavy atom. The molecule has 1 fully saturated rings. The van der Waals surface area contributed by atoms with Crippen LogP contribution in [0, 0.1) is 6.92 Å². The SMILES string of the molecule is CC(=O)Nc1ccc(Oc2cc(C)nc([C@@H]3CCCN(C(=O)c4cn(C)cn4)C3)c2)cc1. The van der Waals surface area contributed by atoms with Gasteiger partial charge in [0.2, 0.25) is 5.91 Å². The van der Waals surface area contributed by atoms with Crippen LogP contribution < -0.4 is 10.1 Å². The Hall–Kier alpha value is -3.68. The molecule has 2 amide bonds. The minimum Gasteiger partial charge on any atom is -0.457 e. The summed E-state index contributed by atoms with van der Waals surface area (Å²) in [5.74, 6) is 1.36. The number of aromatic nitrogens is 3. The molecule has 166 valence electrons. The lowest BCUT2D eigenvalue weighted by atomic mass is 9.93. The number of piperidine rings is 1. The normalized spacial score (nSPS) is 16.0. The highest BCUT2D eigenvalue weighted by atomic mass is 16.5. The van der Waals surface area contributed by atoms with E-state index in [1.807, 2.05) is 43.1 Å². The van der Waals surface area contributed by atoms with Crippen LogP contribution in [0.1, 0.15) is 47.6 Å². The number of hydrogen-bond donors (Lipinski definition) is 1. The minimum atomic E-state index is -0.115. The van der Waals surface area contributed by atoms with Crippen molar-refractivity contribution in [3.8, 4) is 11.5 Å². The zero-order chi connectivity index (χ0) is 22.7. The molecule has 0 spiro atoms. The molecule has 1 saturated heterocycles. The molecular weight excluding hydrogens is 406 g/mol. The second kappa shape index (κ2) is 9.21. The van der Waals surface area contributed by atoms with Crippen molar-refractivity contribution in [1.29, 1.82) is 0 Å². The fourth-order valence-electron chi connectivity index (χ4n) is 3.96. The summed E-state index contributed by atoms with van der Waals surface area (Å²) in [6.45, 7) is 4.75. The van der Waals surface area contributed by atoms with Crippen molar-refractivity contribution in [3.63, 3.8) is 0 Å².